The SMILES string of the molecule is ClC(Cl)Cl.O=C(Cl)OCc1ccccc1. The molecule has 0 radical (unpaired) electrons. The van der Waals surface area contributed by atoms with Crippen LogP contribution in [0.3, 0.4) is 0 Å². The van der Waals surface area contributed by atoms with Crippen LogP contribution < -0.4 is 0 Å². The van der Waals surface area contributed by atoms with Crippen molar-refractivity contribution in [1.82, 2.24) is 0 Å². The molecule has 15 heavy (non-hydrogen) atoms. The van der Waals surface area contributed by atoms with Crippen LogP contribution in [0.15, 0.2) is 30.3 Å². The molecule has 0 aliphatic rings. The van der Waals surface area contributed by atoms with E-state index in [4.69, 9.17) is 46.4 Å². The Morgan fingerprint density at radius 3 is 2.07 bits per heavy atom. The van der Waals surface area contributed by atoms with Crippen LogP contribution in [0.25, 0.3) is 0 Å². The molecule has 0 N–H and O–H groups in total. The minimum absolute atomic E-state index is 0.239. The van der Waals surface area contributed by atoms with E-state index in [2.05, 4.69) is 4.74 Å². The van der Waals surface area contributed by atoms with Crippen molar-refractivity contribution in [2.24, 2.45) is 0 Å². The van der Waals surface area contributed by atoms with E-state index in [1.54, 1.807) is 0 Å². The van der Waals surface area contributed by atoms with Crippen molar-refractivity contribution >= 4 is 51.8 Å². The van der Waals surface area contributed by atoms with E-state index in [0.29, 0.717) is 0 Å². The summed E-state index contributed by atoms with van der Waals surface area (Å²) in [6.45, 7) is 0.239. The van der Waals surface area contributed by atoms with E-state index < -0.39 is 9.72 Å². The Morgan fingerprint density at radius 1 is 1.20 bits per heavy atom. The number of benzene rings is 1. The first-order valence-electron chi connectivity index (χ1n) is 3.80. The van der Waals surface area contributed by atoms with Crippen molar-refractivity contribution in [3.8, 4) is 0 Å². The normalized spacial score (nSPS) is 9.13. The summed E-state index contributed by atoms with van der Waals surface area (Å²) in [4.78, 5) is 10.2. The third-order valence-electron chi connectivity index (χ3n) is 1.20. The zero-order chi connectivity index (χ0) is 11.7. The number of carbonyl (C=O) groups excluding carboxylic acids is 1. The second-order valence-electron chi connectivity index (χ2n) is 2.26. The van der Waals surface area contributed by atoms with Gasteiger partial charge in [0.15, 0.2) is 4.30 Å². The van der Waals surface area contributed by atoms with E-state index in [9.17, 15) is 4.79 Å². The van der Waals surface area contributed by atoms with Crippen molar-refractivity contribution < 1.29 is 9.53 Å². The van der Waals surface area contributed by atoms with Crippen molar-refractivity contribution in [2.45, 2.75) is 10.9 Å². The van der Waals surface area contributed by atoms with Gasteiger partial charge in [-0.25, -0.2) is 4.79 Å². The van der Waals surface area contributed by atoms with Crippen LogP contribution >= 0.6 is 46.4 Å². The molecule has 0 amide bonds. The summed E-state index contributed by atoms with van der Waals surface area (Å²) in [7, 11) is 0. The van der Waals surface area contributed by atoms with Gasteiger partial charge < -0.3 is 4.74 Å². The van der Waals surface area contributed by atoms with Crippen molar-refractivity contribution in [3.63, 3.8) is 0 Å². The number of alkyl halides is 3. The number of hydrogen-bond acceptors (Lipinski definition) is 2. The largest absolute Gasteiger partial charge is 0.449 e. The van der Waals surface area contributed by atoms with Crippen LogP contribution in [0.1, 0.15) is 5.56 Å². The lowest BCUT2D eigenvalue weighted by Gasteiger charge is -1.98. The fourth-order valence-corrected chi connectivity index (χ4v) is 0.769. The summed E-state index contributed by atoms with van der Waals surface area (Å²) < 4.78 is 3.80. The number of halogens is 4. The van der Waals surface area contributed by atoms with Crippen molar-refractivity contribution in [3.05, 3.63) is 35.9 Å². The predicted octanol–water partition coefficient (Wildman–Crippen LogP) is 4.55. The smallest absolute Gasteiger partial charge is 0.404 e. The Hall–Kier alpha value is -0.150. The summed E-state index contributed by atoms with van der Waals surface area (Å²) >= 11 is 19.4. The average molecular weight is 290 g/mol. The predicted molar refractivity (Wildman–Crippen MR) is 63.8 cm³/mol. The van der Waals surface area contributed by atoms with E-state index in [0.717, 1.165) is 5.56 Å². The zero-order valence-corrected chi connectivity index (χ0v) is 10.5. The maximum absolute atomic E-state index is 10.2. The van der Waals surface area contributed by atoms with Gasteiger partial charge in [0, 0.05) is 11.6 Å². The molecule has 0 heterocycles. The number of carbonyl (C=O) groups is 1. The molecule has 2 nitrogen and oxygen atoms in total. The van der Waals surface area contributed by atoms with E-state index in [1.165, 1.54) is 0 Å². The van der Waals surface area contributed by atoms with Crippen LogP contribution in [0.2, 0.25) is 0 Å². The van der Waals surface area contributed by atoms with Gasteiger partial charge >= 0.3 is 5.43 Å². The maximum Gasteiger partial charge on any atom is 0.404 e. The molecule has 0 atom stereocenters. The molecule has 0 aliphatic heterocycles. The van der Waals surface area contributed by atoms with Gasteiger partial charge in [0.25, 0.3) is 0 Å². The van der Waals surface area contributed by atoms with Gasteiger partial charge in [-0.15, -0.1) is 0 Å². The lowest BCUT2D eigenvalue weighted by Crippen LogP contribution is -1.93. The highest BCUT2D eigenvalue weighted by atomic mass is 35.6. The van der Waals surface area contributed by atoms with Crippen molar-refractivity contribution in [1.29, 1.82) is 0 Å². The molecule has 0 aromatic heterocycles. The fraction of sp³-hybridized carbons (Fsp3) is 0.222. The van der Waals surface area contributed by atoms with E-state index in [1.807, 2.05) is 30.3 Å². The Labute approximate surface area is 108 Å². The molecule has 1 aromatic rings. The molecule has 0 spiro atoms. The third-order valence-corrected chi connectivity index (χ3v) is 1.30. The molecule has 0 unspecified atom stereocenters. The first-order chi connectivity index (χ1) is 7.02. The summed E-state index contributed by atoms with van der Waals surface area (Å²) in [5, 5.41) is 0. The molecule has 0 aliphatic carbocycles. The van der Waals surface area contributed by atoms with Gasteiger partial charge in [-0.05, 0) is 5.56 Å². The Bertz CT molecular complexity index is 274. The lowest BCUT2D eigenvalue weighted by atomic mass is 10.2. The number of rotatable bonds is 2. The monoisotopic (exact) mass is 288 g/mol. The molecule has 1 aromatic carbocycles. The summed E-state index contributed by atoms with van der Waals surface area (Å²) in [6.07, 6.45) is 0. The second-order valence-corrected chi connectivity index (χ2v) is 4.55. The summed E-state index contributed by atoms with van der Waals surface area (Å²) in [6, 6.07) is 9.36. The molecule has 0 fully saturated rings. The molecular formula is C9H8Cl4O2. The van der Waals surface area contributed by atoms with Gasteiger partial charge in [0.1, 0.15) is 6.61 Å². The van der Waals surface area contributed by atoms with Crippen LogP contribution in [-0.4, -0.2) is 9.72 Å². The Morgan fingerprint density at radius 2 is 1.67 bits per heavy atom. The minimum Gasteiger partial charge on any atom is -0.449 e. The maximum atomic E-state index is 10.2. The minimum atomic E-state index is -0.770. The van der Waals surface area contributed by atoms with Gasteiger partial charge in [0.05, 0.1) is 0 Å². The lowest BCUT2D eigenvalue weighted by molar-refractivity contribution is 0.167. The van der Waals surface area contributed by atoms with Gasteiger partial charge in [-0.1, -0.05) is 65.1 Å². The van der Waals surface area contributed by atoms with Gasteiger partial charge in [0.2, 0.25) is 0 Å². The van der Waals surface area contributed by atoms with E-state index >= 15 is 0 Å². The topological polar surface area (TPSA) is 26.3 Å². The number of hydrogen-bond donors (Lipinski definition) is 0. The quantitative estimate of drug-likeness (QED) is 0.590. The molecule has 84 valence electrons. The van der Waals surface area contributed by atoms with E-state index in [-0.39, 0.29) is 6.61 Å². The molecular weight excluding hydrogens is 282 g/mol. The second kappa shape index (κ2) is 9.10. The average Bonchev–Trinajstić information content (AvgIpc) is 2.15. The van der Waals surface area contributed by atoms with Crippen LogP contribution in [0.4, 0.5) is 4.79 Å². The zero-order valence-electron chi connectivity index (χ0n) is 7.50. The van der Waals surface area contributed by atoms with Crippen molar-refractivity contribution in [2.75, 3.05) is 0 Å². The molecule has 6 heteroatoms. The Balaban J connectivity index is 0.000000423. The first kappa shape index (κ1) is 14.8. The van der Waals surface area contributed by atoms with Crippen LogP contribution in [0.5, 0.6) is 0 Å². The first-order valence-corrected chi connectivity index (χ1v) is 5.49. The van der Waals surface area contributed by atoms with Crippen LogP contribution in [0, 0.1) is 0 Å². The highest BCUT2D eigenvalue weighted by Crippen LogP contribution is 2.03. The highest BCUT2D eigenvalue weighted by Gasteiger charge is 1.95. The molecule has 0 bridgehead atoms. The highest BCUT2D eigenvalue weighted by molar-refractivity contribution is 6.63. The summed E-state index contributed by atoms with van der Waals surface area (Å²) in [5.74, 6) is 0. The Kier molecular flexibility index (Phi) is 9.01. The molecule has 1 rings (SSSR count). The standard InChI is InChI=1S/C8H7ClO2.CHCl3/c9-8(10)11-6-7-4-2-1-3-5-7;2-1(3)4/h1-5H,6H2;1H. The molecule has 0 saturated heterocycles. The van der Waals surface area contributed by atoms with Crippen LogP contribution in [-0.2, 0) is 11.3 Å². The number of ether oxygens (including phenoxy) is 1. The molecule has 0 saturated carbocycles. The summed E-state index contributed by atoms with van der Waals surface area (Å²) in [5.41, 5.74) is 0.162. The van der Waals surface area contributed by atoms with Gasteiger partial charge in [-0.3, -0.25) is 0 Å². The fourth-order valence-electron chi connectivity index (χ4n) is 0.714. The van der Waals surface area contributed by atoms with Gasteiger partial charge in [-0.2, -0.15) is 0 Å². The third kappa shape index (κ3) is 11.8.